The van der Waals surface area contributed by atoms with Crippen molar-refractivity contribution in [3.63, 3.8) is 0 Å². The first-order chi connectivity index (χ1) is 16.0. The minimum Gasteiger partial charge on any atom is -0.489 e. The van der Waals surface area contributed by atoms with Crippen LogP contribution in [0.5, 0.6) is 5.75 Å². The second-order valence-corrected chi connectivity index (χ2v) is 7.86. The first kappa shape index (κ1) is 22.6. The third-order valence-corrected chi connectivity index (χ3v) is 5.43. The van der Waals surface area contributed by atoms with Crippen LogP contribution < -0.4 is 10.5 Å². The van der Waals surface area contributed by atoms with Gasteiger partial charge >= 0.3 is 5.97 Å². The van der Waals surface area contributed by atoms with Crippen LogP contribution in [0.1, 0.15) is 36.6 Å². The predicted octanol–water partition coefficient (Wildman–Crippen LogP) is 5.94. The quantitative estimate of drug-likeness (QED) is 0.338. The van der Waals surface area contributed by atoms with Gasteiger partial charge in [-0.3, -0.25) is 4.79 Å². The summed E-state index contributed by atoms with van der Waals surface area (Å²) in [5.41, 5.74) is 9.64. The Morgan fingerprint density at radius 3 is 2.70 bits per heavy atom. The molecule has 0 unspecified atom stereocenters. The summed E-state index contributed by atoms with van der Waals surface area (Å²) < 4.78 is 32.1. The molecule has 1 aromatic heterocycles. The number of nitrogens with two attached hydrogens (primary N) is 1. The van der Waals surface area contributed by atoms with Gasteiger partial charge in [-0.25, -0.2) is 4.39 Å². The van der Waals surface area contributed by atoms with Gasteiger partial charge in [-0.05, 0) is 43.7 Å². The van der Waals surface area contributed by atoms with E-state index >= 15 is 4.39 Å². The van der Waals surface area contributed by atoms with Crippen molar-refractivity contribution in [2.45, 2.75) is 32.9 Å². The molecule has 0 aliphatic heterocycles. The average molecular weight is 448 g/mol. The Morgan fingerprint density at radius 1 is 1.09 bits per heavy atom. The van der Waals surface area contributed by atoms with Crippen LogP contribution in [-0.2, 0) is 22.6 Å². The summed E-state index contributed by atoms with van der Waals surface area (Å²) in [7, 11) is 0. The Morgan fingerprint density at radius 2 is 1.91 bits per heavy atom. The van der Waals surface area contributed by atoms with Crippen molar-refractivity contribution in [3.8, 4) is 16.9 Å². The number of rotatable bonds is 8. The highest BCUT2D eigenvalue weighted by Gasteiger charge is 2.17. The van der Waals surface area contributed by atoms with Crippen molar-refractivity contribution >= 4 is 16.9 Å². The van der Waals surface area contributed by atoms with Crippen LogP contribution in [0.25, 0.3) is 22.1 Å². The molecule has 0 aliphatic rings. The highest BCUT2D eigenvalue weighted by Crippen LogP contribution is 2.35. The molecule has 5 nitrogen and oxygen atoms in total. The molecule has 4 aromatic rings. The molecule has 0 amide bonds. The van der Waals surface area contributed by atoms with Gasteiger partial charge in [-0.2, -0.15) is 0 Å². The van der Waals surface area contributed by atoms with Gasteiger partial charge in [0.2, 0.25) is 0 Å². The standard InChI is InChI=1S/C27H26FNO4/c1-3-31-25(30)15-19-7-4-5-10-24(19)33-16-18-13-20-11-12-32-27(20)23(14-18)22-9-6-8-21(17(2)29)26(22)28/h4-14,17H,3,15-16,29H2,1-2H3/t17-/m0/s1. The summed E-state index contributed by atoms with van der Waals surface area (Å²) in [6.45, 7) is 4.10. The number of ether oxygens (including phenoxy) is 2. The molecule has 2 N–H and O–H groups in total. The van der Waals surface area contributed by atoms with E-state index in [1.807, 2.05) is 42.5 Å². The van der Waals surface area contributed by atoms with Gasteiger partial charge < -0.3 is 19.6 Å². The number of benzene rings is 3. The molecule has 0 saturated heterocycles. The predicted molar refractivity (Wildman–Crippen MR) is 125 cm³/mol. The van der Waals surface area contributed by atoms with E-state index < -0.39 is 6.04 Å². The maximum atomic E-state index is 15.3. The number of para-hydroxylation sites is 1. The number of carbonyl (C=O) groups excluding carboxylic acids is 1. The number of esters is 1. The molecule has 1 atom stereocenters. The Kier molecular flexibility index (Phi) is 6.75. The third-order valence-electron chi connectivity index (χ3n) is 5.43. The van der Waals surface area contributed by atoms with Crippen molar-refractivity contribution in [3.05, 3.63) is 89.4 Å². The van der Waals surface area contributed by atoms with E-state index in [0.717, 1.165) is 16.5 Å². The van der Waals surface area contributed by atoms with Crippen molar-refractivity contribution in [1.29, 1.82) is 0 Å². The van der Waals surface area contributed by atoms with E-state index in [2.05, 4.69) is 0 Å². The molecule has 3 aromatic carbocycles. The van der Waals surface area contributed by atoms with Crippen molar-refractivity contribution in [2.24, 2.45) is 5.73 Å². The maximum absolute atomic E-state index is 15.3. The molecule has 0 fully saturated rings. The third kappa shape index (κ3) is 4.91. The first-order valence-electron chi connectivity index (χ1n) is 10.9. The van der Waals surface area contributed by atoms with Gasteiger partial charge in [0.1, 0.15) is 23.8 Å². The Balaban J connectivity index is 1.66. The molecule has 1 heterocycles. The summed E-state index contributed by atoms with van der Waals surface area (Å²) in [5.74, 6) is -0.0623. The van der Waals surface area contributed by atoms with Crippen molar-refractivity contribution in [2.75, 3.05) is 6.61 Å². The minimum absolute atomic E-state index is 0.130. The lowest BCUT2D eigenvalue weighted by molar-refractivity contribution is -0.142. The van der Waals surface area contributed by atoms with Gasteiger partial charge in [-0.1, -0.05) is 36.4 Å². The molecule has 0 aliphatic carbocycles. The normalized spacial score (nSPS) is 12.0. The van der Waals surface area contributed by atoms with Gasteiger partial charge in [0.15, 0.2) is 0 Å². The molecular formula is C27H26FNO4. The van der Waals surface area contributed by atoms with Crippen molar-refractivity contribution in [1.82, 2.24) is 0 Å². The summed E-state index contributed by atoms with van der Waals surface area (Å²) in [6, 6.07) is 17.8. The average Bonchev–Trinajstić information content (AvgIpc) is 3.27. The molecule has 0 saturated carbocycles. The Bertz CT molecular complexity index is 1280. The molecule has 0 radical (unpaired) electrons. The fourth-order valence-corrected chi connectivity index (χ4v) is 3.86. The van der Waals surface area contributed by atoms with Crippen LogP contribution in [0, 0.1) is 5.82 Å². The second kappa shape index (κ2) is 9.88. The molecule has 0 spiro atoms. The number of hydrogen-bond acceptors (Lipinski definition) is 5. The van der Waals surface area contributed by atoms with Crippen LogP contribution in [-0.4, -0.2) is 12.6 Å². The molecule has 170 valence electrons. The lowest BCUT2D eigenvalue weighted by Crippen LogP contribution is -2.09. The largest absolute Gasteiger partial charge is 0.489 e. The topological polar surface area (TPSA) is 74.7 Å². The molecule has 33 heavy (non-hydrogen) atoms. The summed E-state index contributed by atoms with van der Waals surface area (Å²) in [5, 5.41) is 0.844. The van der Waals surface area contributed by atoms with E-state index in [1.165, 1.54) is 0 Å². The summed E-state index contributed by atoms with van der Waals surface area (Å²) in [6.07, 6.45) is 1.71. The van der Waals surface area contributed by atoms with E-state index in [1.54, 1.807) is 38.3 Å². The smallest absolute Gasteiger partial charge is 0.310 e. The van der Waals surface area contributed by atoms with E-state index in [4.69, 9.17) is 19.6 Å². The number of fused-ring (bicyclic) bond motifs is 1. The lowest BCUT2D eigenvalue weighted by atomic mass is 9.96. The van der Waals surface area contributed by atoms with Gasteiger partial charge in [-0.15, -0.1) is 0 Å². The summed E-state index contributed by atoms with van der Waals surface area (Å²) >= 11 is 0. The number of hydrogen-bond donors (Lipinski definition) is 1. The van der Waals surface area contributed by atoms with E-state index in [9.17, 15) is 4.79 Å². The van der Waals surface area contributed by atoms with Crippen LogP contribution >= 0.6 is 0 Å². The summed E-state index contributed by atoms with van der Waals surface area (Å²) in [4.78, 5) is 11.9. The van der Waals surface area contributed by atoms with Gasteiger partial charge in [0.25, 0.3) is 0 Å². The monoisotopic (exact) mass is 447 g/mol. The first-order valence-corrected chi connectivity index (χ1v) is 10.9. The van der Waals surface area contributed by atoms with Crippen LogP contribution in [0.15, 0.2) is 71.3 Å². The SMILES string of the molecule is CCOC(=O)Cc1ccccc1OCc1cc(-c2cccc([C@H](C)N)c2F)c2occc2c1. The highest BCUT2D eigenvalue weighted by atomic mass is 19.1. The molecular weight excluding hydrogens is 421 g/mol. The molecule has 4 rings (SSSR count). The zero-order valence-electron chi connectivity index (χ0n) is 18.6. The fraction of sp³-hybridized carbons (Fsp3) is 0.222. The molecule has 6 heteroatoms. The molecule has 0 bridgehead atoms. The highest BCUT2D eigenvalue weighted by molar-refractivity contribution is 5.93. The minimum atomic E-state index is -0.431. The Labute approximate surface area is 191 Å². The fourth-order valence-electron chi connectivity index (χ4n) is 3.86. The second-order valence-electron chi connectivity index (χ2n) is 7.86. The number of carbonyl (C=O) groups is 1. The van der Waals surface area contributed by atoms with Crippen LogP contribution in [0.3, 0.4) is 0 Å². The van der Waals surface area contributed by atoms with Gasteiger partial charge in [0, 0.05) is 33.7 Å². The van der Waals surface area contributed by atoms with Crippen LogP contribution in [0.2, 0.25) is 0 Å². The Hall–Kier alpha value is -3.64. The number of halogens is 1. The van der Waals surface area contributed by atoms with Crippen LogP contribution in [0.4, 0.5) is 4.39 Å². The zero-order chi connectivity index (χ0) is 23.4. The zero-order valence-corrected chi connectivity index (χ0v) is 18.6. The van der Waals surface area contributed by atoms with Crippen molar-refractivity contribution < 1.29 is 23.1 Å². The van der Waals surface area contributed by atoms with Gasteiger partial charge in [0.05, 0.1) is 19.3 Å². The van der Waals surface area contributed by atoms with E-state index in [0.29, 0.717) is 34.6 Å². The maximum Gasteiger partial charge on any atom is 0.310 e. The lowest BCUT2D eigenvalue weighted by Gasteiger charge is -2.14. The number of furan rings is 1. The van der Waals surface area contributed by atoms with E-state index in [-0.39, 0.29) is 24.8 Å².